The largest absolute Gasteiger partial charge is 0.355 e. The molecule has 2 saturated heterocycles. The van der Waals surface area contributed by atoms with Gasteiger partial charge in [-0.15, -0.1) is 0 Å². The highest BCUT2D eigenvalue weighted by Gasteiger charge is 2.31. The van der Waals surface area contributed by atoms with Crippen LogP contribution < -0.4 is 10.6 Å². The molecule has 0 aromatic heterocycles. The van der Waals surface area contributed by atoms with E-state index in [1.807, 2.05) is 11.8 Å². The van der Waals surface area contributed by atoms with Crippen molar-refractivity contribution < 1.29 is 9.59 Å². The lowest BCUT2D eigenvalue weighted by Crippen LogP contribution is -2.45. The smallest absolute Gasteiger partial charge is 0.224 e. The first-order chi connectivity index (χ1) is 8.09. The second-order valence-electron chi connectivity index (χ2n) is 5.16. The maximum atomic E-state index is 11.9. The van der Waals surface area contributed by atoms with Gasteiger partial charge in [-0.1, -0.05) is 0 Å². The van der Waals surface area contributed by atoms with Gasteiger partial charge in [-0.3, -0.25) is 9.59 Å². The molecule has 2 aliphatic rings. The molecule has 2 aliphatic heterocycles. The summed E-state index contributed by atoms with van der Waals surface area (Å²) in [6, 6.07) is 0. The third-order valence-corrected chi connectivity index (χ3v) is 5.11. The van der Waals surface area contributed by atoms with Crippen LogP contribution in [0, 0.1) is 5.92 Å². The van der Waals surface area contributed by atoms with Crippen LogP contribution in [-0.4, -0.2) is 35.4 Å². The Kier molecular flexibility index (Phi) is 3.97. The molecule has 0 radical (unpaired) electrons. The van der Waals surface area contributed by atoms with E-state index in [-0.39, 0.29) is 22.5 Å². The molecule has 96 valence electrons. The van der Waals surface area contributed by atoms with Crippen LogP contribution in [0.25, 0.3) is 0 Å². The Bertz CT molecular complexity index is 304. The molecule has 2 rings (SSSR count). The summed E-state index contributed by atoms with van der Waals surface area (Å²) in [6.07, 6.45) is 3.58. The summed E-state index contributed by atoms with van der Waals surface area (Å²) in [5.41, 5.74) is 0. The average Bonchev–Trinajstić information content (AvgIpc) is 2.75. The molecule has 2 atom stereocenters. The van der Waals surface area contributed by atoms with Gasteiger partial charge in [0.05, 0.1) is 5.92 Å². The molecular weight excluding hydrogens is 236 g/mol. The van der Waals surface area contributed by atoms with E-state index in [0.717, 1.165) is 6.54 Å². The molecule has 0 aromatic carbocycles. The molecule has 0 spiro atoms. The molecule has 0 aliphatic carbocycles. The summed E-state index contributed by atoms with van der Waals surface area (Å²) in [7, 11) is 0. The number of hydrogen-bond acceptors (Lipinski definition) is 3. The van der Waals surface area contributed by atoms with Crippen LogP contribution in [0.3, 0.4) is 0 Å². The molecule has 2 unspecified atom stereocenters. The van der Waals surface area contributed by atoms with Crippen molar-refractivity contribution in [1.29, 1.82) is 0 Å². The minimum atomic E-state index is -0.0392. The number of hydrogen-bond donors (Lipinski definition) is 2. The van der Waals surface area contributed by atoms with Crippen LogP contribution in [0.2, 0.25) is 0 Å². The van der Waals surface area contributed by atoms with Crippen molar-refractivity contribution in [2.24, 2.45) is 5.92 Å². The fourth-order valence-electron chi connectivity index (χ4n) is 2.35. The fourth-order valence-corrected chi connectivity index (χ4v) is 3.60. The molecular formula is C12H20N2O2S. The lowest BCUT2D eigenvalue weighted by atomic mass is 9.98. The van der Waals surface area contributed by atoms with Crippen molar-refractivity contribution in [2.75, 3.05) is 18.8 Å². The van der Waals surface area contributed by atoms with E-state index in [9.17, 15) is 9.59 Å². The van der Waals surface area contributed by atoms with Crippen molar-refractivity contribution in [1.82, 2.24) is 10.6 Å². The van der Waals surface area contributed by atoms with E-state index in [1.165, 1.54) is 18.6 Å². The zero-order chi connectivity index (χ0) is 12.3. The van der Waals surface area contributed by atoms with Crippen LogP contribution in [0.1, 0.15) is 32.6 Å². The van der Waals surface area contributed by atoms with Gasteiger partial charge in [-0.05, 0) is 31.9 Å². The summed E-state index contributed by atoms with van der Waals surface area (Å²) in [5, 5.41) is 5.78. The molecule has 17 heavy (non-hydrogen) atoms. The van der Waals surface area contributed by atoms with Gasteiger partial charge in [0.15, 0.2) is 0 Å². The molecule has 0 saturated carbocycles. The number of rotatable bonds is 3. The Hall–Kier alpha value is -0.710. The number of nitrogens with one attached hydrogen (secondary N) is 2. The van der Waals surface area contributed by atoms with E-state index in [4.69, 9.17) is 0 Å². The molecule has 0 aromatic rings. The first-order valence-electron chi connectivity index (χ1n) is 6.27. The highest BCUT2D eigenvalue weighted by molar-refractivity contribution is 8.00. The van der Waals surface area contributed by atoms with Gasteiger partial charge in [0.1, 0.15) is 0 Å². The van der Waals surface area contributed by atoms with E-state index in [0.29, 0.717) is 19.4 Å². The van der Waals surface area contributed by atoms with E-state index < -0.39 is 0 Å². The van der Waals surface area contributed by atoms with Crippen molar-refractivity contribution in [3.05, 3.63) is 0 Å². The topological polar surface area (TPSA) is 58.2 Å². The van der Waals surface area contributed by atoms with Crippen molar-refractivity contribution in [3.63, 3.8) is 0 Å². The summed E-state index contributed by atoms with van der Waals surface area (Å²) < 4.78 is 0.216. The number of carbonyl (C=O) groups excluding carboxylic acids is 2. The van der Waals surface area contributed by atoms with Crippen molar-refractivity contribution in [2.45, 2.75) is 37.4 Å². The van der Waals surface area contributed by atoms with E-state index in [1.54, 1.807) is 0 Å². The highest BCUT2D eigenvalue weighted by Crippen LogP contribution is 2.37. The van der Waals surface area contributed by atoms with E-state index >= 15 is 0 Å². The first kappa shape index (κ1) is 12.7. The number of amides is 2. The van der Waals surface area contributed by atoms with E-state index in [2.05, 4.69) is 17.6 Å². The van der Waals surface area contributed by atoms with Crippen LogP contribution in [0.5, 0.6) is 0 Å². The van der Waals surface area contributed by atoms with Gasteiger partial charge in [-0.25, -0.2) is 0 Å². The monoisotopic (exact) mass is 256 g/mol. The van der Waals surface area contributed by atoms with Crippen molar-refractivity contribution in [3.8, 4) is 0 Å². The first-order valence-corrected chi connectivity index (χ1v) is 7.26. The van der Waals surface area contributed by atoms with Crippen LogP contribution >= 0.6 is 11.8 Å². The number of carbonyl (C=O) groups is 2. The van der Waals surface area contributed by atoms with Gasteiger partial charge >= 0.3 is 0 Å². The standard InChI is InChI=1S/C12H20N2O2S/c1-12(5-2-6-17-12)8-14-11(16)9-3-4-10(15)13-7-9/h9H,2-8H2,1H3,(H,13,15)(H,14,16). The second-order valence-corrected chi connectivity index (χ2v) is 6.84. The third kappa shape index (κ3) is 3.37. The quantitative estimate of drug-likeness (QED) is 0.789. The minimum Gasteiger partial charge on any atom is -0.355 e. The summed E-state index contributed by atoms with van der Waals surface area (Å²) in [4.78, 5) is 22.9. The SMILES string of the molecule is CC1(CNC(=O)C2CCC(=O)NC2)CCCS1. The van der Waals surface area contributed by atoms with Crippen molar-refractivity contribution >= 4 is 23.6 Å². The fraction of sp³-hybridized carbons (Fsp3) is 0.833. The lowest BCUT2D eigenvalue weighted by molar-refractivity contribution is -0.129. The zero-order valence-electron chi connectivity index (χ0n) is 10.3. The Labute approximate surface area is 106 Å². The average molecular weight is 256 g/mol. The second kappa shape index (κ2) is 5.29. The summed E-state index contributed by atoms with van der Waals surface area (Å²) in [5.74, 6) is 1.32. The number of piperidine rings is 1. The molecule has 0 bridgehead atoms. The predicted molar refractivity (Wildman–Crippen MR) is 68.8 cm³/mol. The lowest BCUT2D eigenvalue weighted by Gasteiger charge is -2.26. The van der Waals surface area contributed by atoms with Gasteiger partial charge < -0.3 is 10.6 Å². The third-order valence-electron chi connectivity index (χ3n) is 3.57. The molecule has 2 N–H and O–H groups in total. The molecule has 2 heterocycles. The van der Waals surface area contributed by atoms with Gasteiger partial charge in [0.25, 0.3) is 0 Å². The molecule has 2 fully saturated rings. The Balaban J connectivity index is 1.75. The van der Waals surface area contributed by atoms with Gasteiger partial charge in [0, 0.05) is 24.3 Å². The van der Waals surface area contributed by atoms with Crippen LogP contribution in [-0.2, 0) is 9.59 Å². The minimum absolute atomic E-state index is 0.0392. The van der Waals surface area contributed by atoms with Crippen LogP contribution in [0.15, 0.2) is 0 Å². The zero-order valence-corrected chi connectivity index (χ0v) is 11.1. The Morgan fingerprint density at radius 1 is 1.65 bits per heavy atom. The molecule has 2 amide bonds. The predicted octanol–water partition coefficient (Wildman–Crippen LogP) is 0.914. The molecule has 4 nitrogen and oxygen atoms in total. The molecule has 5 heteroatoms. The highest BCUT2D eigenvalue weighted by atomic mass is 32.2. The van der Waals surface area contributed by atoms with Gasteiger partial charge in [-0.2, -0.15) is 11.8 Å². The maximum Gasteiger partial charge on any atom is 0.224 e. The summed E-state index contributed by atoms with van der Waals surface area (Å²) in [6.45, 7) is 3.46. The van der Waals surface area contributed by atoms with Gasteiger partial charge in [0.2, 0.25) is 11.8 Å². The summed E-state index contributed by atoms with van der Waals surface area (Å²) >= 11 is 1.95. The Morgan fingerprint density at radius 2 is 2.47 bits per heavy atom. The Morgan fingerprint density at radius 3 is 3.06 bits per heavy atom. The normalized spacial score (nSPS) is 33.2. The number of thioether (sulfide) groups is 1. The van der Waals surface area contributed by atoms with Crippen LogP contribution in [0.4, 0.5) is 0 Å². The maximum absolute atomic E-state index is 11.9.